The average molecular weight is 819 g/mol. The SMILES string of the molecule is Cc1ccc(C2=Cc3c(ccc(C)c3-c3ccccc3C)[CH]2[Zr]([Cl])([Cl])([CH]2C(c3ccc(C)o3)=Cc3c2ccc(C)c3-c2ccccc2C)=[Si](C)C)o1. The van der Waals surface area contributed by atoms with Crippen LogP contribution in [-0.4, -0.2) is 5.43 Å². The maximum absolute atomic E-state index is 8.89. The monoisotopic (exact) mass is 816 g/mol. The fourth-order valence-corrected chi connectivity index (χ4v) is 36.7. The molecular formula is C46H44Cl2O2SiZr. The summed E-state index contributed by atoms with van der Waals surface area (Å²) < 4.78 is 12.6. The van der Waals surface area contributed by atoms with Crippen LogP contribution in [0.1, 0.15) is 74.8 Å². The molecule has 0 fully saturated rings. The molecule has 2 nitrogen and oxygen atoms in total. The summed E-state index contributed by atoms with van der Waals surface area (Å²) in [6.45, 7) is 17.5. The molecule has 0 aliphatic heterocycles. The Balaban J connectivity index is 1.48. The third kappa shape index (κ3) is 5.35. The number of hydrogen-bond donors (Lipinski definition) is 0. The van der Waals surface area contributed by atoms with Crippen LogP contribution in [0, 0.1) is 41.5 Å². The number of aryl methyl sites for hydroxylation is 6. The minimum atomic E-state index is -5.34. The summed E-state index contributed by atoms with van der Waals surface area (Å²) in [6, 6.07) is 34.8. The van der Waals surface area contributed by atoms with Gasteiger partial charge in [-0.05, 0) is 0 Å². The van der Waals surface area contributed by atoms with E-state index in [1.54, 1.807) is 0 Å². The van der Waals surface area contributed by atoms with Crippen LogP contribution in [0.25, 0.3) is 45.6 Å². The Morgan fingerprint density at radius 3 is 1.25 bits per heavy atom. The Labute approximate surface area is 316 Å². The van der Waals surface area contributed by atoms with Crippen LogP contribution < -0.4 is 0 Å². The van der Waals surface area contributed by atoms with Gasteiger partial charge in [0.15, 0.2) is 0 Å². The van der Waals surface area contributed by atoms with Crippen LogP contribution in [-0.2, 0) is 15.0 Å². The maximum atomic E-state index is 8.89. The van der Waals surface area contributed by atoms with Crippen LogP contribution >= 0.6 is 17.0 Å². The molecule has 0 radical (unpaired) electrons. The zero-order valence-corrected chi connectivity index (χ0v) is 36.1. The minimum absolute atomic E-state index is 0.212. The van der Waals surface area contributed by atoms with Gasteiger partial charge in [-0.15, -0.1) is 0 Å². The molecule has 2 atom stereocenters. The standard InChI is InChI=1S/2C22H19O.C2H6Si.2ClH.Zr/c2*1-14-6-4-5-7-19(14)22-15(2)8-10-17-12-18(13-20(17)22)21-11-9-16(3)23-21;1-3-2;;;/h2*4-13H,1-3H3;1-2H3;2*1H;/q;;;;;+2/p-2. The van der Waals surface area contributed by atoms with Crippen molar-refractivity contribution in [3.63, 3.8) is 0 Å². The molecule has 0 spiro atoms. The van der Waals surface area contributed by atoms with Gasteiger partial charge in [-0.25, -0.2) is 0 Å². The van der Waals surface area contributed by atoms with E-state index < -0.39 is 20.4 Å². The van der Waals surface area contributed by atoms with Gasteiger partial charge in [0.2, 0.25) is 0 Å². The van der Waals surface area contributed by atoms with Gasteiger partial charge in [0, 0.05) is 0 Å². The number of halogens is 2. The van der Waals surface area contributed by atoms with Crippen LogP contribution in [0.5, 0.6) is 0 Å². The van der Waals surface area contributed by atoms with Crippen molar-refractivity contribution in [2.24, 2.45) is 0 Å². The molecule has 6 heteroatoms. The van der Waals surface area contributed by atoms with Crippen molar-refractivity contribution < 1.29 is 23.8 Å². The van der Waals surface area contributed by atoms with E-state index in [-0.39, 0.29) is 7.25 Å². The number of hydrogen-bond acceptors (Lipinski definition) is 2. The Morgan fingerprint density at radius 2 is 0.904 bits per heavy atom. The van der Waals surface area contributed by atoms with E-state index in [0.29, 0.717) is 0 Å². The molecule has 2 aromatic heterocycles. The number of benzene rings is 4. The van der Waals surface area contributed by atoms with Gasteiger partial charge in [-0.3, -0.25) is 0 Å². The number of furan rings is 2. The molecule has 2 heterocycles. The van der Waals surface area contributed by atoms with Crippen LogP contribution in [0.2, 0.25) is 13.1 Å². The Bertz CT molecular complexity index is 2420. The first-order chi connectivity index (χ1) is 24.8. The summed E-state index contributed by atoms with van der Waals surface area (Å²) in [5, 5.41) is 0. The molecule has 0 saturated carbocycles. The van der Waals surface area contributed by atoms with E-state index >= 15 is 0 Å². The quantitative estimate of drug-likeness (QED) is 0.157. The van der Waals surface area contributed by atoms with Gasteiger partial charge in [-0.2, -0.15) is 0 Å². The number of allylic oxidation sites excluding steroid dienone is 2. The van der Waals surface area contributed by atoms with E-state index in [0.717, 1.165) is 34.2 Å². The van der Waals surface area contributed by atoms with Gasteiger partial charge in [0.05, 0.1) is 0 Å². The number of rotatable bonds is 6. The fraction of sp³-hybridized carbons (Fsp3) is 0.217. The predicted molar refractivity (Wildman–Crippen MR) is 220 cm³/mol. The zero-order valence-electron chi connectivity index (χ0n) is 31.1. The third-order valence-electron chi connectivity index (χ3n) is 11.7. The third-order valence-corrected chi connectivity index (χ3v) is 58.0. The normalized spacial score (nSPS) is 16.8. The summed E-state index contributed by atoms with van der Waals surface area (Å²) in [6.07, 6.45) is 4.72. The van der Waals surface area contributed by atoms with Crippen LogP contribution in [0.4, 0.5) is 0 Å². The van der Waals surface area contributed by atoms with Crippen molar-refractivity contribution in [1.29, 1.82) is 0 Å². The molecule has 262 valence electrons. The molecule has 8 rings (SSSR count). The summed E-state index contributed by atoms with van der Waals surface area (Å²) in [4.78, 5) is 0. The van der Waals surface area contributed by atoms with Gasteiger partial charge < -0.3 is 0 Å². The summed E-state index contributed by atoms with van der Waals surface area (Å²) in [5.74, 6) is 3.43. The summed E-state index contributed by atoms with van der Waals surface area (Å²) in [5.41, 5.74) is 15.5. The molecular weight excluding hydrogens is 775 g/mol. The van der Waals surface area contributed by atoms with Crippen molar-refractivity contribution in [3.8, 4) is 22.3 Å². The Kier molecular flexibility index (Phi) is 8.82. The average Bonchev–Trinajstić information content (AvgIpc) is 3.91. The van der Waals surface area contributed by atoms with E-state index in [1.807, 2.05) is 13.8 Å². The van der Waals surface area contributed by atoms with Crippen molar-refractivity contribution in [1.82, 2.24) is 0 Å². The van der Waals surface area contributed by atoms with Crippen molar-refractivity contribution >= 4 is 45.8 Å². The Morgan fingerprint density at radius 1 is 0.500 bits per heavy atom. The Hall–Kier alpha value is -3.40. The molecule has 0 amide bonds. The first-order valence-corrected chi connectivity index (χ1v) is 33.5. The molecule has 2 aliphatic rings. The van der Waals surface area contributed by atoms with Crippen molar-refractivity contribution in [2.45, 2.75) is 61.9 Å². The fourth-order valence-electron chi connectivity index (χ4n) is 9.03. The van der Waals surface area contributed by atoms with Gasteiger partial charge >= 0.3 is 318 Å². The molecule has 6 aromatic rings. The van der Waals surface area contributed by atoms with Crippen LogP contribution in [0.15, 0.2) is 106 Å². The topological polar surface area (TPSA) is 26.3 Å². The van der Waals surface area contributed by atoms with Gasteiger partial charge in [0.25, 0.3) is 0 Å². The van der Waals surface area contributed by atoms with E-state index in [4.69, 9.17) is 25.9 Å². The molecule has 0 saturated heterocycles. The van der Waals surface area contributed by atoms with E-state index in [2.05, 4.69) is 150 Å². The molecule has 0 N–H and O–H groups in total. The van der Waals surface area contributed by atoms with Crippen molar-refractivity contribution in [2.75, 3.05) is 0 Å². The first kappa shape index (κ1) is 35.6. The molecule has 2 unspecified atom stereocenters. The predicted octanol–water partition coefficient (Wildman–Crippen LogP) is 14.2. The molecule has 2 aliphatic carbocycles. The second-order valence-corrected chi connectivity index (χ2v) is 54.0. The molecule has 0 bridgehead atoms. The van der Waals surface area contributed by atoms with Gasteiger partial charge in [-0.1, -0.05) is 0 Å². The number of fused-ring (bicyclic) bond motifs is 2. The second kappa shape index (κ2) is 12.9. The van der Waals surface area contributed by atoms with E-state index in [1.165, 1.54) is 66.8 Å². The summed E-state index contributed by atoms with van der Waals surface area (Å²) in [7, 11) is 17.8. The zero-order chi connectivity index (χ0) is 36.7. The summed E-state index contributed by atoms with van der Waals surface area (Å²) >= 11 is -5.34. The van der Waals surface area contributed by atoms with Crippen molar-refractivity contribution in [3.05, 3.63) is 165 Å². The van der Waals surface area contributed by atoms with E-state index in [9.17, 15) is 0 Å². The molecule has 52 heavy (non-hydrogen) atoms. The van der Waals surface area contributed by atoms with Crippen LogP contribution in [0.3, 0.4) is 0 Å². The van der Waals surface area contributed by atoms with Gasteiger partial charge in [0.1, 0.15) is 0 Å². The first-order valence-electron chi connectivity index (χ1n) is 18.1. The molecule has 4 aromatic carbocycles. The second-order valence-electron chi connectivity index (χ2n) is 15.2.